The minimum absolute atomic E-state index is 0.0905. The van der Waals surface area contributed by atoms with Gasteiger partial charge in [0.1, 0.15) is 11.3 Å². The minimum atomic E-state index is 0.0905. The Morgan fingerprint density at radius 1 is 1.22 bits per heavy atom. The SMILES string of the molecule is CCC(CC)C(NN)c1cc2cc(C)ccc2o1. The summed E-state index contributed by atoms with van der Waals surface area (Å²) in [6.45, 7) is 6.46. The van der Waals surface area contributed by atoms with Crippen LogP contribution in [0.25, 0.3) is 11.0 Å². The zero-order valence-corrected chi connectivity index (χ0v) is 11.4. The van der Waals surface area contributed by atoms with Gasteiger partial charge in [-0.15, -0.1) is 0 Å². The van der Waals surface area contributed by atoms with Gasteiger partial charge in [0.2, 0.25) is 0 Å². The number of hydrogen-bond donors (Lipinski definition) is 2. The second kappa shape index (κ2) is 5.55. The Bertz CT molecular complexity index is 514. The number of rotatable bonds is 5. The highest BCUT2D eigenvalue weighted by molar-refractivity contribution is 5.78. The smallest absolute Gasteiger partial charge is 0.134 e. The predicted molar refractivity (Wildman–Crippen MR) is 75.1 cm³/mol. The van der Waals surface area contributed by atoms with Gasteiger partial charge in [0, 0.05) is 5.39 Å². The van der Waals surface area contributed by atoms with Crippen molar-refractivity contribution in [3.63, 3.8) is 0 Å². The molecule has 18 heavy (non-hydrogen) atoms. The number of aryl methyl sites for hydroxylation is 1. The Hall–Kier alpha value is -1.32. The molecular formula is C15H22N2O. The van der Waals surface area contributed by atoms with E-state index in [0.717, 1.165) is 29.6 Å². The molecule has 1 aromatic heterocycles. The summed E-state index contributed by atoms with van der Waals surface area (Å²) in [6.07, 6.45) is 2.17. The lowest BCUT2D eigenvalue weighted by Crippen LogP contribution is -2.32. The van der Waals surface area contributed by atoms with Crippen molar-refractivity contribution in [1.82, 2.24) is 5.43 Å². The second-order valence-electron chi connectivity index (χ2n) is 4.91. The maximum atomic E-state index is 5.92. The molecule has 0 radical (unpaired) electrons. The lowest BCUT2D eigenvalue weighted by molar-refractivity contribution is 0.303. The molecule has 1 heterocycles. The first-order valence-corrected chi connectivity index (χ1v) is 6.65. The van der Waals surface area contributed by atoms with E-state index in [1.165, 1.54) is 5.56 Å². The first-order valence-electron chi connectivity index (χ1n) is 6.65. The van der Waals surface area contributed by atoms with Gasteiger partial charge in [-0.2, -0.15) is 0 Å². The third kappa shape index (κ3) is 2.42. The minimum Gasteiger partial charge on any atom is -0.459 e. The third-order valence-corrected chi connectivity index (χ3v) is 3.70. The lowest BCUT2D eigenvalue weighted by Gasteiger charge is -2.22. The van der Waals surface area contributed by atoms with Crippen LogP contribution in [-0.4, -0.2) is 0 Å². The van der Waals surface area contributed by atoms with E-state index < -0.39 is 0 Å². The van der Waals surface area contributed by atoms with Crippen LogP contribution in [0.1, 0.15) is 44.1 Å². The average Bonchev–Trinajstić information content (AvgIpc) is 2.78. The van der Waals surface area contributed by atoms with Crippen LogP contribution in [0.5, 0.6) is 0 Å². The average molecular weight is 246 g/mol. The van der Waals surface area contributed by atoms with Gasteiger partial charge < -0.3 is 4.42 Å². The van der Waals surface area contributed by atoms with Crippen LogP contribution in [0.4, 0.5) is 0 Å². The van der Waals surface area contributed by atoms with E-state index in [-0.39, 0.29) is 6.04 Å². The molecule has 0 spiro atoms. The molecule has 3 heteroatoms. The van der Waals surface area contributed by atoms with Gasteiger partial charge >= 0.3 is 0 Å². The van der Waals surface area contributed by atoms with Crippen molar-refractivity contribution in [1.29, 1.82) is 0 Å². The maximum absolute atomic E-state index is 5.92. The topological polar surface area (TPSA) is 51.2 Å². The molecule has 0 fully saturated rings. The number of hydrogen-bond acceptors (Lipinski definition) is 3. The summed E-state index contributed by atoms with van der Waals surface area (Å²) < 4.78 is 5.92. The van der Waals surface area contributed by atoms with Crippen molar-refractivity contribution in [3.8, 4) is 0 Å². The maximum Gasteiger partial charge on any atom is 0.134 e. The van der Waals surface area contributed by atoms with Crippen molar-refractivity contribution < 1.29 is 4.42 Å². The molecule has 2 rings (SSSR count). The highest BCUT2D eigenvalue weighted by Gasteiger charge is 2.22. The summed E-state index contributed by atoms with van der Waals surface area (Å²) in [5.74, 6) is 7.13. The zero-order chi connectivity index (χ0) is 13.1. The van der Waals surface area contributed by atoms with Crippen LogP contribution in [0, 0.1) is 12.8 Å². The monoisotopic (exact) mass is 246 g/mol. The van der Waals surface area contributed by atoms with E-state index in [0.29, 0.717) is 5.92 Å². The van der Waals surface area contributed by atoms with Gasteiger partial charge in [-0.25, -0.2) is 5.43 Å². The first-order chi connectivity index (χ1) is 8.69. The molecule has 0 amide bonds. The van der Waals surface area contributed by atoms with E-state index in [9.17, 15) is 0 Å². The van der Waals surface area contributed by atoms with Gasteiger partial charge in [0.25, 0.3) is 0 Å². The Kier molecular flexibility index (Phi) is 4.04. The van der Waals surface area contributed by atoms with Crippen molar-refractivity contribution in [2.75, 3.05) is 0 Å². The van der Waals surface area contributed by atoms with Crippen molar-refractivity contribution in [2.45, 2.75) is 39.7 Å². The van der Waals surface area contributed by atoms with E-state index >= 15 is 0 Å². The van der Waals surface area contributed by atoms with Crippen molar-refractivity contribution >= 4 is 11.0 Å². The Labute approximate surface area is 108 Å². The van der Waals surface area contributed by atoms with Crippen LogP contribution in [0.2, 0.25) is 0 Å². The fourth-order valence-corrected chi connectivity index (χ4v) is 2.55. The molecule has 1 aromatic carbocycles. The molecule has 0 aliphatic rings. The molecular weight excluding hydrogens is 224 g/mol. The Morgan fingerprint density at radius 3 is 2.56 bits per heavy atom. The fourth-order valence-electron chi connectivity index (χ4n) is 2.55. The number of fused-ring (bicyclic) bond motifs is 1. The molecule has 0 aliphatic heterocycles. The van der Waals surface area contributed by atoms with Crippen LogP contribution in [-0.2, 0) is 0 Å². The van der Waals surface area contributed by atoms with E-state index in [1.54, 1.807) is 0 Å². The van der Waals surface area contributed by atoms with Crippen LogP contribution in [0.15, 0.2) is 28.7 Å². The van der Waals surface area contributed by atoms with Crippen molar-refractivity contribution in [2.24, 2.45) is 11.8 Å². The van der Waals surface area contributed by atoms with Crippen LogP contribution >= 0.6 is 0 Å². The molecule has 0 aliphatic carbocycles. The number of nitrogens with two attached hydrogens (primary N) is 1. The molecule has 2 aromatic rings. The summed E-state index contributed by atoms with van der Waals surface area (Å²) >= 11 is 0. The van der Waals surface area contributed by atoms with Crippen LogP contribution in [0.3, 0.4) is 0 Å². The highest BCUT2D eigenvalue weighted by Crippen LogP contribution is 2.31. The molecule has 1 unspecified atom stereocenters. The highest BCUT2D eigenvalue weighted by atomic mass is 16.3. The largest absolute Gasteiger partial charge is 0.459 e. The normalized spacial score (nSPS) is 13.4. The third-order valence-electron chi connectivity index (χ3n) is 3.70. The van der Waals surface area contributed by atoms with Gasteiger partial charge in [-0.1, -0.05) is 38.3 Å². The number of furan rings is 1. The van der Waals surface area contributed by atoms with E-state index in [1.807, 2.05) is 6.07 Å². The zero-order valence-electron chi connectivity index (χ0n) is 11.4. The number of benzene rings is 1. The number of hydrazine groups is 1. The Balaban J connectivity index is 2.39. The molecule has 0 saturated carbocycles. The number of nitrogens with one attached hydrogen (secondary N) is 1. The Morgan fingerprint density at radius 2 is 1.94 bits per heavy atom. The van der Waals surface area contributed by atoms with Crippen molar-refractivity contribution in [3.05, 3.63) is 35.6 Å². The molecule has 3 nitrogen and oxygen atoms in total. The quantitative estimate of drug-likeness (QED) is 0.625. The van der Waals surface area contributed by atoms with E-state index in [2.05, 4.69) is 44.4 Å². The second-order valence-corrected chi connectivity index (χ2v) is 4.91. The summed E-state index contributed by atoms with van der Waals surface area (Å²) in [7, 11) is 0. The molecule has 1 atom stereocenters. The van der Waals surface area contributed by atoms with Gasteiger partial charge in [-0.05, 0) is 31.0 Å². The van der Waals surface area contributed by atoms with Gasteiger partial charge in [-0.3, -0.25) is 5.84 Å². The molecule has 3 N–H and O–H groups in total. The summed E-state index contributed by atoms with van der Waals surface area (Å²) in [6, 6.07) is 8.42. The molecule has 0 saturated heterocycles. The summed E-state index contributed by atoms with van der Waals surface area (Å²) in [4.78, 5) is 0. The molecule has 0 bridgehead atoms. The van der Waals surface area contributed by atoms with E-state index in [4.69, 9.17) is 10.3 Å². The summed E-state index contributed by atoms with van der Waals surface area (Å²) in [5, 5.41) is 1.15. The predicted octanol–water partition coefficient (Wildman–Crippen LogP) is 3.68. The standard InChI is InChI=1S/C15H22N2O/c1-4-11(5-2)15(17-16)14-9-12-8-10(3)6-7-13(12)18-14/h6-9,11,15,17H,4-5,16H2,1-3H3. The fraction of sp³-hybridized carbons (Fsp3) is 0.467. The summed E-state index contributed by atoms with van der Waals surface area (Å²) in [5.41, 5.74) is 5.08. The first kappa shape index (κ1) is 13.1. The molecule has 98 valence electrons. The van der Waals surface area contributed by atoms with Crippen LogP contribution < -0.4 is 11.3 Å². The van der Waals surface area contributed by atoms with Gasteiger partial charge in [0.05, 0.1) is 6.04 Å². The van der Waals surface area contributed by atoms with Gasteiger partial charge in [0.15, 0.2) is 0 Å². The lowest BCUT2D eigenvalue weighted by atomic mass is 9.93.